The van der Waals surface area contributed by atoms with Gasteiger partial charge in [0.2, 0.25) is 0 Å². The molecular formula is C22H28F4. The van der Waals surface area contributed by atoms with Crippen LogP contribution < -0.4 is 0 Å². The molecule has 0 aliphatic heterocycles. The first-order chi connectivity index (χ1) is 12.3. The van der Waals surface area contributed by atoms with E-state index in [0.29, 0.717) is 23.8 Å². The van der Waals surface area contributed by atoms with Gasteiger partial charge in [-0.25, -0.2) is 4.39 Å². The van der Waals surface area contributed by atoms with Gasteiger partial charge in [-0.15, -0.1) is 0 Å². The zero-order valence-corrected chi connectivity index (χ0v) is 15.4. The minimum Gasteiger partial charge on any atom is -0.206 e. The fourth-order valence-corrected chi connectivity index (χ4v) is 6.05. The van der Waals surface area contributed by atoms with Crippen molar-refractivity contribution in [3.63, 3.8) is 0 Å². The summed E-state index contributed by atoms with van der Waals surface area (Å²) in [6.45, 7) is 2.37. The van der Waals surface area contributed by atoms with Gasteiger partial charge >= 0.3 is 6.18 Å². The summed E-state index contributed by atoms with van der Waals surface area (Å²) in [6.07, 6.45) is 5.33. The summed E-state index contributed by atoms with van der Waals surface area (Å²) < 4.78 is 53.2. The minimum absolute atomic E-state index is 0.316. The maximum Gasteiger partial charge on any atom is 0.419 e. The maximum absolute atomic E-state index is 14.4. The number of alkyl halides is 3. The van der Waals surface area contributed by atoms with Crippen molar-refractivity contribution in [2.24, 2.45) is 29.6 Å². The lowest BCUT2D eigenvalue weighted by atomic mass is 9.61. The molecule has 5 unspecified atom stereocenters. The second-order valence-electron chi connectivity index (χ2n) is 9.08. The van der Waals surface area contributed by atoms with Crippen molar-refractivity contribution in [2.45, 2.75) is 70.9 Å². The van der Waals surface area contributed by atoms with Crippen molar-refractivity contribution < 1.29 is 17.6 Å². The second kappa shape index (κ2) is 6.83. The van der Waals surface area contributed by atoms with Gasteiger partial charge in [-0.05, 0) is 98.1 Å². The smallest absolute Gasteiger partial charge is 0.206 e. The SMILES string of the molecule is CC1CCC2CC(C3CCc4c(ccc(C(F)(F)F)c4F)C3)CCC2C1. The number of rotatable bonds is 1. The van der Waals surface area contributed by atoms with Crippen molar-refractivity contribution >= 4 is 0 Å². The van der Waals surface area contributed by atoms with Crippen LogP contribution in [0, 0.1) is 35.4 Å². The average Bonchev–Trinajstić information content (AvgIpc) is 2.60. The lowest BCUT2D eigenvalue weighted by Crippen LogP contribution is -2.34. The number of hydrogen-bond donors (Lipinski definition) is 0. The molecule has 4 rings (SSSR count). The van der Waals surface area contributed by atoms with Crippen LogP contribution in [-0.4, -0.2) is 0 Å². The molecule has 1 aromatic rings. The predicted molar refractivity (Wildman–Crippen MR) is 94.3 cm³/mol. The van der Waals surface area contributed by atoms with E-state index >= 15 is 0 Å². The van der Waals surface area contributed by atoms with Crippen LogP contribution in [0.3, 0.4) is 0 Å². The lowest BCUT2D eigenvalue weighted by molar-refractivity contribution is -0.140. The Hall–Kier alpha value is -1.06. The van der Waals surface area contributed by atoms with Crippen LogP contribution in [0.25, 0.3) is 0 Å². The number of benzene rings is 1. The zero-order valence-electron chi connectivity index (χ0n) is 15.4. The molecule has 0 amide bonds. The first kappa shape index (κ1) is 18.3. The standard InChI is InChI=1S/C22H28F4/c1-13-2-3-15-11-16(5-4-14(15)10-13)17-6-8-19-18(12-17)7-9-20(21(19)23)22(24,25)26/h7,9,13-17H,2-6,8,10-12H2,1H3. The quantitative estimate of drug-likeness (QED) is 0.478. The van der Waals surface area contributed by atoms with Crippen LogP contribution in [-0.2, 0) is 19.0 Å². The first-order valence-corrected chi connectivity index (χ1v) is 10.2. The van der Waals surface area contributed by atoms with Gasteiger partial charge in [0.1, 0.15) is 5.82 Å². The van der Waals surface area contributed by atoms with E-state index in [0.717, 1.165) is 42.2 Å². The summed E-state index contributed by atoms with van der Waals surface area (Å²) in [7, 11) is 0. The maximum atomic E-state index is 14.4. The Labute approximate surface area is 153 Å². The molecule has 2 saturated carbocycles. The Bertz CT molecular complexity index is 663. The Balaban J connectivity index is 1.47. The van der Waals surface area contributed by atoms with Crippen LogP contribution in [0.1, 0.15) is 68.6 Å². The summed E-state index contributed by atoms with van der Waals surface area (Å²) >= 11 is 0. The van der Waals surface area contributed by atoms with E-state index in [9.17, 15) is 17.6 Å². The van der Waals surface area contributed by atoms with Gasteiger partial charge in [-0.2, -0.15) is 13.2 Å². The van der Waals surface area contributed by atoms with E-state index in [-0.39, 0.29) is 0 Å². The summed E-state index contributed by atoms with van der Waals surface area (Å²) in [4.78, 5) is 0. The van der Waals surface area contributed by atoms with E-state index in [2.05, 4.69) is 6.92 Å². The average molecular weight is 368 g/mol. The predicted octanol–water partition coefficient (Wildman–Crippen LogP) is 6.80. The normalized spacial score (nSPS) is 34.9. The molecule has 0 saturated heterocycles. The number of hydrogen-bond acceptors (Lipinski definition) is 0. The molecule has 26 heavy (non-hydrogen) atoms. The summed E-state index contributed by atoms with van der Waals surface area (Å²) in [6, 6.07) is 2.47. The fourth-order valence-electron chi connectivity index (χ4n) is 6.05. The number of fused-ring (bicyclic) bond motifs is 2. The van der Waals surface area contributed by atoms with Crippen molar-refractivity contribution in [3.05, 3.63) is 34.6 Å². The highest BCUT2D eigenvalue weighted by atomic mass is 19.4. The van der Waals surface area contributed by atoms with Gasteiger partial charge in [-0.1, -0.05) is 19.4 Å². The fraction of sp³-hybridized carbons (Fsp3) is 0.727. The molecule has 4 heteroatoms. The van der Waals surface area contributed by atoms with E-state index in [4.69, 9.17) is 0 Å². The van der Waals surface area contributed by atoms with Gasteiger partial charge in [0, 0.05) is 0 Å². The third kappa shape index (κ3) is 3.41. The third-order valence-corrected chi connectivity index (χ3v) is 7.48. The molecule has 5 atom stereocenters. The van der Waals surface area contributed by atoms with E-state index in [1.165, 1.54) is 44.6 Å². The Morgan fingerprint density at radius 1 is 0.846 bits per heavy atom. The molecule has 0 aromatic heterocycles. The Kier molecular flexibility index (Phi) is 4.81. The largest absolute Gasteiger partial charge is 0.419 e. The van der Waals surface area contributed by atoms with Crippen LogP contribution in [0.5, 0.6) is 0 Å². The Morgan fingerprint density at radius 2 is 1.50 bits per heavy atom. The molecule has 3 aliphatic rings. The van der Waals surface area contributed by atoms with Crippen LogP contribution >= 0.6 is 0 Å². The molecule has 0 spiro atoms. The van der Waals surface area contributed by atoms with Crippen molar-refractivity contribution in [1.82, 2.24) is 0 Å². The summed E-state index contributed by atoms with van der Waals surface area (Å²) in [5.41, 5.74) is 0.0222. The monoisotopic (exact) mass is 368 g/mol. The molecule has 1 aromatic carbocycles. The minimum atomic E-state index is -4.60. The second-order valence-corrected chi connectivity index (χ2v) is 9.08. The molecule has 0 radical (unpaired) electrons. The molecule has 2 fully saturated rings. The van der Waals surface area contributed by atoms with E-state index < -0.39 is 17.6 Å². The van der Waals surface area contributed by atoms with Crippen molar-refractivity contribution in [1.29, 1.82) is 0 Å². The summed E-state index contributed by atoms with van der Waals surface area (Å²) in [5.74, 6) is 2.74. The highest BCUT2D eigenvalue weighted by Crippen LogP contribution is 2.48. The molecule has 0 nitrogen and oxygen atoms in total. The van der Waals surface area contributed by atoms with Gasteiger partial charge in [0.05, 0.1) is 5.56 Å². The Morgan fingerprint density at radius 3 is 2.23 bits per heavy atom. The molecule has 3 aliphatic carbocycles. The molecule has 0 heterocycles. The molecule has 144 valence electrons. The first-order valence-electron chi connectivity index (χ1n) is 10.2. The van der Waals surface area contributed by atoms with Gasteiger partial charge in [-0.3, -0.25) is 0 Å². The summed E-state index contributed by atoms with van der Waals surface area (Å²) in [5, 5.41) is 0. The topological polar surface area (TPSA) is 0 Å². The van der Waals surface area contributed by atoms with E-state index in [1.807, 2.05) is 0 Å². The molecule has 0 N–H and O–H groups in total. The third-order valence-electron chi connectivity index (χ3n) is 7.48. The highest BCUT2D eigenvalue weighted by Gasteiger charge is 2.40. The molecule has 0 bridgehead atoms. The van der Waals surface area contributed by atoms with Crippen LogP contribution in [0.4, 0.5) is 17.6 Å². The van der Waals surface area contributed by atoms with E-state index in [1.54, 1.807) is 0 Å². The van der Waals surface area contributed by atoms with Gasteiger partial charge in [0.25, 0.3) is 0 Å². The highest BCUT2D eigenvalue weighted by molar-refractivity contribution is 5.37. The molecular weight excluding hydrogens is 340 g/mol. The zero-order chi connectivity index (χ0) is 18.5. The number of halogens is 4. The van der Waals surface area contributed by atoms with Gasteiger partial charge < -0.3 is 0 Å². The van der Waals surface area contributed by atoms with Crippen molar-refractivity contribution in [3.8, 4) is 0 Å². The van der Waals surface area contributed by atoms with Crippen LogP contribution in [0.2, 0.25) is 0 Å². The van der Waals surface area contributed by atoms with Crippen molar-refractivity contribution in [2.75, 3.05) is 0 Å². The van der Waals surface area contributed by atoms with Gasteiger partial charge in [0.15, 0.2) is 0 Å². The lowest BCUT2D eigenvalue weighted by Gasteiger charge is -2.44. The van der Waals surface area contributed by atoms with Crippen LogP contribution in [0.15, 0.2) is 12.1 Å².